The lowest BCUT2D eigenvalue weighted by Gasteiger charge is -2.27. The molecule has 0 aliphatic heterocycles. The maximum absolute atomic E-state index is 12.6. The quantitative estimate of drug-likeness (QED) is 0.767. The van der Waals surface area contributed by atoms with Crippen LogP contribution in [0, 0.1) is 25.7 Å². The van der Waals surface area contributed by atoms with Crippen molar-refractivity contribution < 1.29 is 4.79 Å². The molecule has 0 saturated heterocycles. The Labute approximate surface area is 109 Å². The molecule has 1 saturated carbocycles. The number of Topliss-reactive ketones (excluding diaryl/α,β-unsaturated/α-hetero) is 1. The van der Waals surface area contributed by atoms with E-state index in [0.717, 1.165) is 35.7 Å². The highest BCUT2D eigenvalue weighted by atomic mass is 16.1. The van der Waals surface area contributed by atoms with Crippen molar-refractivity contribution in [1.82, 2.24) is 10.2 Å². The zero-order chi connectivity index (χ0) is 13.1. The van der Waals surface area contributed by atoms with Crippen LogP contribution in [-0.2, 0) is 0 Å². The SMILES string of the molecule is CCC1CCCC(C(=O)c2cc(C)nnc2C)C1. The van der Waals surface area contributed by atoms with Crippen LogP contribution in [0.5, 0.6) is 0 Å². The van der Waals surface area contributed by atoms with Gasteiger partial charge in [-0.2, -0.15) is 10.2 Å². The number of aryl methyl sites for hydroxylation is 2. The fourth-order valence-corrected chi connectivity index (χ4v) is 2.92. The molecule has 98 valence electrons. The van der Waals surface area contributed by atoms with Crippen molar-refractivity contribution in [3.63, 3.8) is 0 Å². The van der Waals surface area contributed by atoms with E-state index in [4.69, 9.17) is 0 Å². The summed E-state index contributed by atoms with van der Waals surface area (Å²) < 4.78 is 0. The Morgan fingerprint density at radius 2 is 2.11 bits per heavy atom. The van der Waals surface area contributed by atoms with E-state index in [1.807, 2.05) is 19.9 Å². The van der Waals surface area contributed by atoms with Crippen LogP contribution in [0.15, 0.2) is 6.07 Å². The average molecular weight is 246 g/mol. The van der Waals surface area contributed by atoms with E-state index in [1.165, 1.54) is 19.3 Å². The summed E-state index contributed by atoms with van der Waals surface area (Å²) in [7, 11) is 0. The van der Waals surface area contributed by atoms with E-state index in [-0.39, 0.29) is 11.7 Å². The molecular weight excluding hydrogens is 224 g/mol. The molecule has 0 radical (unpaired) electrons. The highest BCUT2D eigenvalue weighted by Gasteiger charge is 2.28. The molecule has 2 unspecified atom stereocenters. The van der Waals surface area contributed by atoms with Gasteiger partial charge in [-0.25, -0.2) is 0 Å². The molecule has 1 aliphatic rings. The molecule has 1 aliphatic carbocycles. The smallest absolute Gasteiger partial charge is 0.167 e. The van der Waals surface area contributed by atoms with Crippen LogP contribution in [0.3, 0.4) is 0 Å². The topological polar surface area (TPSA) is 42.9 Å². The van der Waals surface area contributed by atoms with Crippen LogP contribution < -0.4 is 0 Å². The summed E-state index contributed by atoms with van der Waals surface area (Å²) in [5, 5.41) is 8.06. The van der Waals surface area contributed by atoms with Crippen molar-refractivity contribution in [2.75, 3.05) is 0 Å². The molecule has 1 heterocycles. The van der Waals surface area contributed by atoms with Gasteiger partial charge in [-0.15, -0.1) is 0 Å². The predicted octanol–water partition coefficient (Wildman–Crippen LogP) is 3.49. The Morgan fingerprint density at radius 1 is 1.33 bits per heavy atom. The number of rotatable bonds is 3. The van der Waals surface area contributed by atoms with Crippen molar-refractivity contribution in [2.24, 2.45) is 11.8 Å². The maximum Gasteiger partial charge on any atom is 0.167 e. The standard InChI is InChI=1S/C15H22N2O/c1-4-12-6-5-7-13(9-12)15(18)14-8-10(2)16-17-11(14)3/h8,12-13H,4-7,9H2,1-3H3. The second-order valence-corrected chi connectivity index (χ2v) is 5.49. The summed E-state index contributed by atoms with van der Waals surface area (Å²) in [6.07, 6.45) is 5.75. The first-order valence-corrected chi connectivity index (χ1v) is 6.97. The van der Waals surface area contributed by atoms with E-state index < -0.39 is 0 Å². The van der Waals surface area contributed by atoms with Gasteiger partial charge in [0.2, 0.25) is 0 Å². The van der Waals surface area contributed by atoms with Crippen molar-refractivity contribution in [3.8, 4) is 0 Å². The average Bonchev–Trinajstić information content (AvgIpc) is 2.41. The van der Waals surface area contributed by atoms with E-state index in [9.17, 15) is 4.79 Å². The summed E-state index contributed by atoms with van der Waals surface area (Å²) in [6, 6.07) is 1.89. The van der Waals surface area contributed by atoms with Crippen molar-refractivity contribution in [3.05, 3.63) is 23.0 Å². The van der Waals surface area contributed by atoms with Crippen molar-refractivity contribution in [2.45, 2.75) is 52.9 Å². The second-order valence-electron chi connectivity index (χ2n) is 5.49. The molecule has 1 aromatic heterocycles. The van der Waals surface area contributed by atoms with E-state index in [1.54, 1.807) is 0 Å². The monoisotopic (exact) mass is 246 g/mol. The first-order valence-electron chi connectivity index (χ1n) is 6.97. The summed E-state index contributed by atoms with van der Waals surface area (Å²) in [5.41, 5.74) is 2.38. The lowest BCUT2D eigenvalue weighted by molar-refractivity contribution is 0.0860. The summed E-state index contributed by atoms with van der Waals surface area (Å²) >= 11 is 0. The van der Waals surface area contributed by atoms with E-state index >= 15 is 0 Å². The zero-order valence-electron chi connectivity index (χ0n) is 11.6. The molecule has 1 fully saturated rings. The molecule has 0 bridgehead atoms. The highest BCUT2D eigenvalue weighted by molar-refractivity contribution is 5.98. The number of carbonyl (C=O) groups is 1. The molecule has 3 heteroatoms. The summed E-state index contributed by atoms with van der Waals surface area (Å²) in [4.78, 5) is 12.6. The molecule has 0 amide bonds. The number of ketones is 1. The fourth-order valence-electron chi connectivity index (χ4n) is 2.92. The van der Waals surface area contributed by atoms with Gasteiger partial charge in [0, 0.05) is 11.5 Å². The van der Waals surface area contributed by atoms with Gasteiger partial charge in [0.05, 0.1) is 11.4 Å². The van der Waals surface area contributed by atoms with Gasteiger partial charge in [0.15, 0.2) is 5.78 Å². The molecule has 0 spiro atoms. The lowest BCUT2D eigenvalue weighted by Crippen LogP contribution is -2.24. The number of hydrogen-bond donors (Lipinski definition) is 0. The normalized spacial score (nSPS) is 23.9. The van der Waals surface area contributed by atoms with Crippen LogP contribution in [0.1, 0.15) is 60.8 Å². The third-order valence-electron chi connectivity index (χ3n) is 4.10. The highest BCUT2D eigenvalue weighted by Crippen LogP contribution is 2.33. The Morgan fingerprint density at radius 3 is 2.83 bits per heavy atom. The number of aromatic nitrogens is 2. The molecular formula is C15H22N2O. The molecule has 1 aromatic rings. The van der Waals surface area contributed by atoms with E-state index in [2.05, 4.69) is 17.1 Å². The van der Waals surface area contributed by atoms with Crippen LogP contribution in [0.25, 0.3) is 0 Å². The van der Waals surface area contributed by atoms with Crippen LogP contribution in [0.4, 0.5) is 0 Å². The third-order valence-corrected chi connectivity index (χ3v) is 4.10. The van der Waals surface area contributed by atoms with Crippen molar-refractivity contribution in [1.29, 1.82) is 0 Å². The van der Waals surface area contributed by atoms with Gasteiger partial charge < -0.3 is 0 Å². The minimum Gasteiger partial charge on any atom is -0.294 e. The molecule has 0 N–H and O–H groups in total. The lowest BCUT2D eigenvalue weighted by atomic mass is 9.77. The van der Waals surface area contributed by atoms with Crippen LogP contribution >= 0.6 is 0 Å². The number of carbonyl (C=O) groups excluding carboxylic acids is 1. The third kappa shape index (κ3) is 2.77. The Kier molecular flexibility index (Phi) is 4.10. The molecule has 2 rings (SSSR count). The molecule has 0 aromatic carbocycles. The van der Waals surface area contributed by atoms with Crippen LogP contribution in [-0.4, -0.2) is 16.0 Å². The first-order chi connectivity index (χ1) is 8.61. The van der Waals surface area contributed by atoms with Gasteiger partial charge in [-0.3, -0.25) is 4.79 Å². The van der Waals surface area contributed by atoms with Gasteiger partial charge in [0.1, 0.15) is 0 Å². The summed E-state index contributed by atoms with van der Waals surface area (Å²) in [5.74, 6) is 1.21. The molecule has 18 heavy (non-hydrogen) atoms. The molecule has 3 nitrogen and oxygen atoms in total. The van der Waals surface area contributed by atoms with Gasteiger partial charge in [0.25, 0.3) is 0 Å². The Bertz CT molecular complexity index is 442. The number of nitrogens with zero attached hydrogens (tertiary/aromatic N) is 2. The largest absolute Gasteiger partial charge is 0.294 e. The second kappa shape index (κ2) is 5.59. The van der Waals surface area contributed by atoms with Crippen LogP contribution in [0.2, 0.25) is 0 Å². The number of hydrogen-bond acceptors (Lipinski definition) is 3. The first kappa shape index (κ1) is 13.2. The van der Waals surface area contributed by atoms with Gasteiger partial charge >= 0.3 is 0 Å². The van der Waals surface area contributed by atoms with Gasteiger partial charge in [-0.05, 0) is 38.7 Å². The van der Waals surface area contributed by atoms with E-state index in [0.29, 0.717) is 0 Å². The summed E-state index contributed by atoms with van der Waals surface area (Å²) in [6.45, 7) is 5.99. The Balaban J connectivity index is 2.17. The minimum atomic E-state index is 0.200. The van der Waals surface area contributed by atoms with Gasteiger partial charge in [-0.1, -0.05) is 26.2 Å². The maximum atomic E-state index is 12.6. The Hall–Kier alpha value is -1.25. The minimum absolute atomic E-state index is 0.200. The van der Waals surface area contributed by atoms with Crippen molar-refractivity contribution >= 4 is 5.78 Å². The molecule has 2 atom stereocenters. The fraction of sp³-hybridized carbons (Fsp3) is 0.667. The zero-order valence-corrected chi connectivity index (χ0v) is 11.6. The predicted molar refractivity (Wildman–Crippen MR) is 71.6 cm³/mol.